The SMILES string of the molecule is CNC(=O)O[C@@H](C)/C=C\C(=O)NC1CCC(C/C=C(C)/C=C/[C@@H]2C[C@@](C)(O)CC(C)(C)O2)CC1. The van der Waals surface area contributed by atoms with E-state index in [2.05, 4.69) is 35.8 Å². The fourth-order valence-corrected chi connectivity index (χ4v) is 4.98. The smallest absolute Gasteiger partial charge is 0.407 e. The number of amides is 2. The summed E-state index contributed by atoms with van der Waals surface area (Å²) in [7, 11) is 1.49. The first-order valence-corrected chi connectivity index (χ1v) is 12.5. The molecule has 1 saturated heterocycles. The van der Waals surface area contributed by atoms with Crippen LogP contribution in [-0.2, 0) is 14.3 Å². The second-order valence-electron chi connectivity index (χ2n) is 10.8. The molecule has 0 aromatic rings. The summed E-state index contributed by atoms with van der Waals surface area (Å²) >= 11 is 0. The first-order chi connectivity index (χ1) is 15.9. The predicted molar refractivity (Wildman–Crippen MR) is 134 cm³/mol. The molecule has 1 heterocycles. The van der Waals surface area contributed by atoms with E-state index in [9.17, 15) is 14.7 Å². The zero-order chi connectivity index (χ0) is 25.4. The summed E-state index contributed by atoms with van der Waals surface area (Å²) < 4.78 is 11.1. The Morgan fingerprint density at radius 2 is 1.85 bits per heavy atom. The van der Waals surface area contributed by atoms with Crippen molar-refractivity contribution in [2.75, 3.05) is 7.05 Å². The van der Waals surface area contributed by atoms with Gasteiger partial charge in [0.25, 0.3) is 0 Å². The molecule has 7 heteroatoms. The van der Waals surface area contributed by atoms with Gasteiger partial charge in [-0.15, -0.1) is 0 Å². The number of nitrogens with one attached hydrogen (secondary N) is 2. The Morgan fingerprint density at radius 3 is 2.47 bits per heavy atom. The molecule has 1 saturated carbocycles. The maximum Gasteiger partial charge on any atom is 0.407 e. The molecule has 0 radical (unpaired) electrons. The van der Waals surface area contributed by atoms with Crippen LogP contribution in [0, 0.1) is 5.92 Å². The molecule has 0 unspecified atom stereocenters. The lowest BCUT2D eigenvalue weighted by Crippen LogP contribution is -2.47. The van der Waals surface area contributed by atoms with Crippen LogP contribution in [0.25, 0.3) is 0 Å². The van der Waals surface area contributed by atoms with Gasteiger partial charge in [0, 0.05) is 32.0 Å². The molecule has 0 bridgehead atoms. The molecule has 0 aromatic carbocycles. The van der Waals surface area contributed by atoms with Crippen molar-refractivity contribution in [1.29, 1.82) is 0 Å². The molecule has 2 rings (SSSR count). The van der Waals surface area contributed by atoms with Crippen LogP contribution in [-0.4, -0.2) is 53.6 Å². The van der Waals surface area contributed by atoms with Crippen molar-refractivity contribution < 1.29 is 24.2 Å². The number of alkyl carbamates (subject to hydrolysis) is 1. The quantitative estimate of drug-likeness (QED) is 0.352. The summed E-state index contributed by atoms with van der Waals surface area (Å²) in [6.45, 7) is 9.76. The van der Waals surface area contributed by atoms with E-state index in [4.69, 9.17) is 9.47 Å². The first-order valence-electron chi connectivity index (χ1n) is 12.5. The number of ether oxygens (including phenoxy) is 2. The Kier molecular flexibility index (Phi) is 10.4. The third-order valence-corrected chi connectivity index (χ3v) is 6.47. The summed E-state index contributed by atoms with van der Waals surface area (Å²) in [5.74, 6) is 0.474. The van der Waals surface area contributed by atoms with E-state index < -0.39 is 17.8 Å². The van der Waals surface area contributed by atoms with Gasteiger partial charge in [0.2, 0.25) is 5.91 Å². The lowest BCUT2D eigenvalue weighted by Gasteiger charge is -2.43. The number of aliphatic hydroxyl groups is 1. The maximum absolute atomic E-state index is 12.2. The fourth-order valence-electron chi connectivity index (χ4n) is 4.98. The number of carbonyl (C=O) groups excluding carboxylic acids is 2. The van der Waals surface area contributed by atoms with Crippen molar-refractivity contribution in [3.05, 3.63) is 36.0 Å². The molecule has 2 aliphatic rings. The van der Waals surface area contributed by atoms with Crippen molar-refractivity contribution in [2.45, 2.75) is 109 Å². The average molecular weight is 477 g/mol. The Bertz CT molecular complexity index is 760. The molecular formula is C27H44N2O5. The van der Waals surface area contributed by atoms with E-state index in [0.717, 1.165) is 32.1 Å². The second-order valence-corrected chi connectivity index (χ2v) is 10.8. The summed E-state index contributed by atoms with van der Waals surface area (Å²) in [6, 6.07) is 0.188. The maximum atomic E-state index is 12.2. The standard InChI is InChI=1S/C27H44N2O5/c1-19(8-15-23-17-27(5,32)18-26(3,4)34-23)7-10-21-11-13-22(14-12-21)29-24(30)16-9-20(2)33-25(31)28-6/h7-9,15-16,20-23,32H,10-14,17-18H2,1-6H3,(H,28,31)(H,29,30)/b15-8+,16-9-,19-7+/t20-,21?,22?,23+,27+/m0/s1. The van der Waals surface area contributed by atoms with Crippen LogP contribution in [0.2, 0.25) is 0 Å². The molecule has 3 atom stereocenters. The van der Waals surface area contributed by atoms with Crippen LogP contribution in [0.5, 0.6) is 0 Å². The highest BCUT2D eigenvalue weighted by molar-refractivity contribution is 5.87. The lowest BCUT2D eigenvalue weighted by molar-refractivity contribution is -0.161. The van der Waals surface area contributed by atoms with Crippen LogP contribution in [0.3, 0.4) is 0 Å². The number of hydrogen-bond acceptors (Lipinski definition) is 5. The van der Waals surface area contributed by atoms with E-state index in [1.165, 1.54) is 18.7 Å². The Hall–Kier alpha value is -2.12. The summed E-state index contributed by atoms with van der Waals surface area (Å²) in [4.78, 5) is 23.3. The van der Waals surface area contributed by atoms with E-state index >= 15 is 0 Å². The number of carbonyl (C=O) groups is 2. The molecular weight excluding hydrogens is 432 g/mol. The van der Waals surface area contributed by atoms with Crippen molar-refractivity contribution >= 4 is 12.0 Å². The van der Waals surface area contributed by atoms with Crippen LogP contribution >= 0.6 is 0 Å². The van der Waals surface area contributed by atoms with Crippen molar-refractivity contribution in [3.63, 3.8) is 0 Å². The van der Waals surface area contributed by atoms with Gasteiger partial charge in [-0.3, -0.25) is 4.79 Å². The highest BCUT2D eigenvalue weighted by Crippen LogP contribution is 2.35. The van der Waals surface area contributed by atoms with Crippen LogP contribution in [0.4, 0.5) is 4.79 Å². The topological polar surface area (TPSA) is 96.9 Å². The summed E-state index contributed by atoms with van der Waals surface area (Å²) in [5.41, 5.74) is 0.186. The zero-order valence-electron chi connectivity index (χ0n) is 21.7. The van der Waals surface area contributed by atoms with Gasteiger partial charge in [-0.2, -0.15) is 0 Å². The lowest BCUT2D eigenvalue weighted by atomic mass is 9.82. The number of rotatable bonds is 8. The minimum Gasteiger partial charge on any atom is -0.442 e. The predicted octanol–water partition coefficient (Wildman–Crippen LogP) is 4.56. The van der Waals surface area contributed by atoms with Crippen LogP contribution in [0.1, 0.15) is 79.6 Å². The molecule has 1 aliphatic heterocycles. The Balaban J connectivity index is 1.72. The van der Waals surface area contributed by atoms with Crippen molar-refractivity contribution in [2.24, 2.45) is 5.92 Å². The van der Waals surface area contributed by atoms with Gasteiger partial charge in [0.1, 0.15) is 6.10 Å². The van der Waals surface area contributed by atoms with Crippen LogP contribution in [0.15, 0.2) is 36.0 Å². The average Bonchev–Trinajstić information content (AvgIpc) is 2.73. The molecule has 7 nitrogen and oxygen atoms in total. The van der Waals surface area contributed by atoms with E-state index in [-0.39, 0.29) is 23.7 Å². The third-order valence-electron chi connectivity index (χ3n) is 6.47. The van der Waals surface area contributed by atoms with Gasteiger partial charge in [0.15, 0.2) is 0 Å². The van der Waals surface area contributed by atoms with Gasteiger partial charge >= 0.3 is 6.09 Å². The summed E-state index contributed by atoms with van der Waals surface area (Å²) in [6.07, 6.45) is 14.8. The van der Waals surface area contributed by atoms with E-state index in [0.29, 0.717) is 18.8 Å². The van der Waals surface area contributed by atoms with Gasteiger partial charge in [-0.1, -0.05) is 23.8 Å². The minimum atomic E-state index is -0.699. The normalized spacial score (nSPS) is 30.8. The number of allylic oxidation sites excluding steroid dienone is 3. The number of hydrogen-bond donors (Lipinski definition) is 3. The molecule has 192 valence electrons. The molecule has 3 N–H and O–H groups in total. The zero-order valence-corrected chi connectivity index (χ0v) is 21.7. The van der Waals surface area contributed by atoms with Crippen LogP contribution < -0.4 is 10.6 Å². The Labute approximate surface area is 205 Å². The molecule has 2 amide bonds. The molecule has 0 spiro atoms. The highest BCUT2D eigenvalue weighted by Gasteiger charge is 2.39. The molecule has 1 aliphatic carbocycles. The highest BCUT2D eigenvalue weighted by atomic mass is 16.6. The summed E-state index contributed by atoms with van der Waals surface area (Å²) in [5, 5.41) is 15.9. The van der Waals surface area contributed by atoms with E-state index in [1.807, 2.05) is 20.8 Å². The largest absolute Gasteiger partial charge is 0.442 e. The van der Waals surface area contributed by atoms with Crippen molar-refractivity contribution in [1.82, 2.24) is 10.6 Å². The third kappa shape index (κ3) is 10.4. The van der Waals surface area contributed by atoms with Gasteiger partial charge in [-0.05, 0) is 78.7 Å². The van der Waals surface area contributed by atoms with Gasteiger partial charge in [0.05, 0.1) is 17.3 Å². The van der Waals surface area contributed by atoms with E-state index in [1.54, 1.807) is 13.0 Å². The fraction of sp³-hybridized carbons (Fsp3) is 0.704. The Morgan fingerprint density at radius 1 is 1.18 bits per heavy atom. The molecule has 34 heavy (non-hydrogen) atoms. The monoisotopic (exact) mass is 476 g/mol. The molecule has 2 fully saturated rings. The minimum absolute atomic E-state index is 0.0754. The second kappa shape index (κ2) is 12.5. The van der Waals surface area contributed by atoms with Gasteiger partial charge in [-0.25, -0.2) is 4.79 Å². The van der Waals surface area contributed by atoms with Crippen molar-refractivity contribution in [3.8, 4) is 0 Å². The molecule has 0 aromatic heterocycles. The first kappa shape index (κ1) is 28.1. The van der Waals surface area contributed by atoms with Gasteiger partial charge < -0.3 is 25.2 Å².